The van der Waals surface area contributed by atoms with Gasteiger partial charge in [0.25, 0.3) is 5.91 Å². The Morgan fingerprint density at radius 2 is 1.86 bits per heavy atom. The monoisotopic (exact) mass is 398 g/mol. The fraction of sp³-hybridized carbons (Fsp3) is 0.381. The molecule has 1 amide bonds. The number of amides is 1. The van der Waals surface area contributed by atoms with Gasteiger partial charge in [0.1, 0.15) is 0 Å². The number of halogens is 1. The Balaban J connectivity index is 1.65. The molecule has 0 unspecified atom stereocenters. The Labute approximate surface area is 168 Å². The van der Waals surface area contributed by atoms with Crippen LogP contribution in [-0.4, -0.2) is 37.7 Å². The van der Waals surface area contributed by atoms with E-state index in [1.807, 2.05) is 12.1 Å². The van der Waals surface area contributed by atoms with Gasteiger partial charge in [0.2, 0.25) is 5.95 Å². The zero-order valence-electron chi connectivity index (χ0n) is 15.6. The number of aromatic nitrogens is 3. The summed E-state index contributed by atoms with van der Waals surface area (Å²) < 4.78 is 1.76. The lowest BCUT2D eigenvalue weighted by atomic mass is 9.94. The summed E-state index contributed by atoms with van der Waals surface area (Å²) in [7, 11) is 0. The second kappa shape index (κ2) is 7.89. The Morgan fingerprint density at radius 3 is 2.57 bits per heavy atom. The van der Waals surface area contributed by atoms with Gasteiger partial charge >= 0.3 is 0 Å². The summed E-state index contributed by atoms with van der Waals surface area (Å²) in [5.74, 6) is 0.210. The quantitative estimate of drug-likeness (QED) is 0.653. The van der Waals surface area contributed by atoms with Crippen molar-refractivity contribution in [1.82, 2.24) is 19.9 Å². The molecule has 1 aromatic carbocycles. The molecule has 2 N–H and O–H groups in total. The molecule has 146 valence electrons. The summed E-state index contributed by atoms with van der Waals surface area (Å²) in [6, 6.07) is 7.21. The van der Waals surface area contributed by atoms with Gasteiger partial charge in [-0.1, -0.05) is 43.4 Å². The van der Waals surface area contributed by atoms with E-state index in [9.17, 15) is 9.90 Å². The Kier molecular flexibility index (Phi) is 5.33. The molecule has 1 aliphatic carbocycles. The van der Waals surface area contributed by atoms with E-state index in [4.69, 9.17) is 11.6 Å². The predicted octanol–water partition coefficient (Wildman–Crippen LogP) is 3.89. The lowest BCUT2D eigenvalue weighted by molar-refractivity contribution is 0.0246. The number of benzene rings is 1. The maximum absolute atomic E-state index is 13.0. The summed E-state index contributed by atoms with van der Waals surface area (Å²) >= 11 is 6.42. The average molecular weight is 399 g/mol. The van der Waals surface area contributed by atoms with Crippen molar-refractivity contribution < 1.29 is 9.90 Å². The largest absolute Gasteiger partial charge is 0.388 e. The van der Waals surface area contributed by atoms with Crippen LogP contribution in [0.1, 0.15) is 48.9 Å². The van der Waals surface area contributed by atoms with E-state index in [0.29, 0.717) is 34.8 Å². The Bertz CT molecular complexity index is 979. The fourth-order valence-electron chi connectivity index (χ4n) is 3.90. The van der Waals surface area contributed by atoms with Crippen molar-refractivity contribution in [3.05, 3.63) is 53.4 Å². The molecule has 28 heavy (non-hydrogen) atoms. The van der Waals surface area contributed by atoms with E-state index < -0.39 is 5.60 Å². The SMILES string of the molecule is O=C(NCC1(O)CCCCCC1)c1cn(-c2ncccn2)c2cccc(Cl)c12. The number of aliphatic hydroxyl groups is 1. The first-order chi connectivity index (χ1) is 13.6. The number of carbonyl (C=O) groups excluding carboxylic acids is 1. The maximum atomic E-state index is 13.0. The normalized spacial score (nSPS) is 16.6. The first-order valence-corrected chi connectivity index (χ1v) is 10.0. The van der Waals surface area contributed by atoms with Crippen LogP contribution in [0.4, 0.5) is 0 Å². The molecule has 1 saturated carbocycles. The second-order valence-corrected chi connectivity index (χ2v) is 7.82. The van der Waals surface area contributed by atoms with Gasteiger partial charge in [-0.05, 0) is 31.0 Å². The van der Waals surface area contributed by atoms with Crippen molar-refractivity contribution >= 4 is 28.4 Å². The Hall–Kier alpha value is -2.44. The van der Waals surface area contributed by atoms with Gasteiger partial charge in [0.15, 0.2) is 0 Å². The molecule has 0 bridgehead atoms. The van der Waals surface area contributed by atoms with Gasteiger partial charge in [-0.3, -0.25) is 9.36 Å². The molecule has 1 fully saturated rings. The summed E-state index contributed by atoms with van der Waals surface area (Å²) in [6.07, 6.45) is 10.7. The number of nitrogens with zero attached hydrogens (tertiary/aromatic N) is 3. The van der Waals surface area contributed by atoms with Crippen LogP contribution in [0, 0.1) is 0 Å². The molecule has 2 heterocycles. The first kappa shape index (κ1) is 18.9. The van der Waals surface area contributed by atoms with Gasteiger partial charge in [0.05, 0.1) is 21.7 Å². The third kappa shape index (κ3) is 3.75. The first-order valence-electron chi connectivity index (χ1n) is 9.65. The van der Waals surface area contributed by atoms with Crippen LogP contribution in [0.3, 0.4) is 0 Å². The second-order valence-electron chi connectivity index (χ2n) is 7.42. The highest BCUT2D eigenvalue weighted by molar-refractivity contribution is 6.37. The number of fused-ring (bicyclic) bond motifs is 1. The summed E-state index contributed by atoms with van der Waals surface area (Å²) in [6.45, 7) is 0.241. The third-order valence-electron chi connectivity index (χ3n) is 5.40. The minimum atomic E-state index is -0.836. The van der Waals surface area contributed by atoms with Crippen molar-refractivity contribution in [2.24, 2.45) is 0 Å². The molecule has 1 aliphatic rings. The highest BCUT2D eigenvalue weighted by Gasteiger charge is 2.29. The van der Waals surface area contributed by atoms with Crippen LogP contribution in [-0.2, 0) is 0 Å². The molecule has 6 nitrogen and oxygen atoms in total. The predicted molar refractivity (Wildman–Crippen MR) is 109 cm³/mol. The van der Waals surface area contributed by atoms with Gasteiger partial charge in [0, 0.05) is 30.5 Å². The van der Waals surface area contributed by atoms with Gasteiger partial charge in [-0.2, -0.15) is 0 Å². The van der Waals surface area contributed by atoms with Crippen LogP contribution >= 0.6 is 11.6 Å². The highest BCUT2D eigenvalue weighted by atomic mass is 35.5. The molecule has 4 rings (SSSR count). The zero-order chi connectivity index (χ0) is 19.6. The van der Waals surface area contributed by atoms with Gasteiger partial charge in [-0.25, -0.2) is 9.97 Å². The minimum Gasteiger partial charge on any atom is -0.388 e. The summed E-state index contributed by atoms with van der Waals surface area (Å²) in [4.78, 5) is 21.6. The number of nitrogens with one attached hydrogen (secondary N) is 1. The highest BCUT2D eigenvalue weighted by Crippen LogP contribution is 2.31. The molecule has 0 saturated heterocycles. The standard InChI is InChI=1S/C21H23ClN4O2/c22-16-7-5-8-17-18(16)15(13-26(17)20-23-11-6-12-24-20)19(27)25-14-21(28)9-3-1-2-4-10-21/h5-8,11-13,28H,1-4,9-10,14H2,(H,25,27). The topological polar surface area (TPSA) is 80.0 Å². The van der Waals surface area contributed by atoms with Crippen LogP contribution in [0.2, 0.25) is 5.02 Å². The summed E-state index contributed by atoms with van der Waals surface area (Å²) in [5.41, 5.74) is 0.374. The number of hydrogen-bond donors (Lipinski definition) is 2. The van der Waals surface area contributed by atoms with Crippen molar-refractivity contribution in [1.29, 1.82) is 0 Å². The van der Waals surface area contributed by atoms with Crippen molar-refractivity contribution in [2.75, 3.05) is 6.54 Å². The molecule has 3 aromatic rings. The molecule has 0 aliphatic heterocycles. The molecule has 0 radical (unpaired) electrons. The van der Waals surface area contributed by atoms with Crippen LogP contribution in [0.5, 0.6) is 0 Å². The number of carbonyl (C=O) groups is 1. The molecule has 0 atom stereocenters. The van der Waals surface area contributed by atoms with Crippen LogP contribution in [0.25, 0.3) is 16.9 Å². The fourth-order valence-corrected chi connectivity index (χ4v) is 4.17. The molecule has 2 aromatic heterocycles. The van der Waals surface area contributed by atoms with E-state index in [0.717, 1.165) is 31.2 Å². The van der Waals surface area contributed by atoms with Gasteiger partial charge in [-0.15, -0.1) is 0 Å². The Morgan fingerprint density at radius 1 is 1.14 bits per heavy atom. The molecular weight excluding hydrogens is 376 g/mol. The maximum Gasteiger partial charge on any atom is 0.253 e. The van der Waals surface area contributed by atoms with E-state index in [2.05, 4.69) is 15.3 Å². The van der Waals surface area contributed by atoms with Gasteiger partial charge < -0.3 is 10.4 Å². The smallest absolute Gasteiger partial charge is 0.253 e. The molecular formula is C21H23ClN4O2. The van der Waals surface area contributed by atoms with E-state index in [1.165, 1.54) is 0 Å². The van der Waals surface area contributed by atoms with Crippen molar-refractivity contribution in [2.45, 2.75) is 44.1 Å². The lowest BCUT2D eigenvalue weighted by Crippen LogP contribution is -2.42. The molecule has 7 heteroatoms. The summed E-state index contributed by atoms with van der Waals surface area (Å²) in [5, 5.41) is 14.9. The number of rotatable bonds is 4. The van der Waals surface area contributed by atoms with E-state index >= 15 is 0 Å². The van der Waals surface area contributed by atoms with Crippen molar-refractivity contribution in [3.8, 4) is 5.95 Å². The van der Waals surface area contributed by atoms with Crippen LogP contribution in [0.15, 0.2) is 42.9 Å². The van der Waals surface area contributed by atoms with E-state index in [1.54, 1.807) is 35.3 Å². The third-order valence-corrected chi connectivity index (χ3v) is 5.72. The molecule has 0 spiro atoms. The number of hydrogen-bond acceptors (Lipinski definition) is 4. The van der Waals surface area contributed by atoms with Crippen LogP contribution < -0.4 is 5.32 Å². The van der Waals surface area contributed by atoms with E-state index in [-0.39, 0.29) is 12.5 Å². The average Bonchev–Trinajstić information content (AvgIpc) is 2.98. The lowest BCUT2D eigenvalue weighted by Gasteiger charge is -2.26. The zero-order valence-corrected chi connectivity index (χ0v) is 16.3. The minimum absolute atomic E-state index is 0.241. The van der Waals surface area contributed by atoms with Crippen molar-refractivity contribution in [3.63, 3.8) is 0 Å².